The number of rotatable bonds is 5. The highest BCUT2D eigenvalue weighted by atomic mass is 35.5. The number of amides is 1. The van der Waals surface area contributed by atoms with Gasteiger partial charge in [-0.15, -0.1) is 11.3 Å². The van der Waals surface area contributed by atoms with Crippen molar-refractivity contribution >= 4 is 39.1 Å². The number of hydrogen-bond acceptors (Lipinski definition) is 4. The highest BCUT2D eigenvalue weighted by Crippen LogP contribution is 2.28. The van der Waals surface area contributed by atoms with E-state index in [1.165, 1.54) is 0 Å². The lowest BCUT2D eigenvalue weighted by Crippen LogP contribution is -2.33. The molecule has 0 fully saturated rings. The van der Waals surface area contributed by atoms with Crippen LogP contribution in [-0.4, -0.2) is 29.4 Å². The van der Waals surface area contributed by atoms with Crippen LogP contribution in [0.15, 0.2) is 48.5 Å². The second-order valence-corrected chi connectivity index (χ2v) is 6.95. The molecular formula is C18H17ClN2O2S. The summed E-state index contributed by atoms with van der Waals surface area (Å²) >= 11 is 7.51. The number of nitrogens with zero attached hydrogens (tertiary/aromatic N) is 2. The maximum absolute atomic E-state index is 12.4. The zero-order valence-electron chi connectivity index (χ0n) is 13.4. The summed E-state index contributed by atoms with van der Waals surface area (Å²) in [5.41, 5.74) is 0.959. The van der Waals surface area contributed by atoms with Gasteiger partial charge in [0.25, 0.3) is 5.91 Å². The van der Waals surface area contributed by atoms with Crippen LogP contribution in [-0.2, 0) is 4.79 Å². The normalized spacial score (nSPS) is 12.1. The van der Waals surface area contributed by atoms with Gasteiger partial charge in [0.1, 0.15) is 10.8 Å². The van der Waals surface area contributed by atoms with E-state index in [1.807, 2.05) is 31.2 Å². The van der Waals surface area contributed by atoms with Crippen molar-refractivity contribution in [1.82, 2.24) is 9.88 Å². The molecule has 1 atom stereocenters. The van der Waals surface area contributed by atoms with Crippen molar-refractivity contribution in [3.63, 3.8) is 0 Å². The predicted octanol–water partition coefficient (Wildman–Crippen LogP) is 4.55. The van der Waals surface area contributed by atoms with E-state index in [1.54, 1.807) is 47.5 Å². The Labute approximate surface area is 149 Å². The van der Waals surface area contributed by atoms with Crippen molar-refractivity contribution in [1.29, 1.82) is 0 Å². The Bertz CT molecular complexity index is 832. The van der Waals surface area contributed by atoms with Crippen LogP contribution in [0.4, 0.5) is 0 Å². The Balaban J connectivity index is 1.66. The number of likely N-dealkylation sites (N-methyl/N-ethyl adjacent to an activating group) is 1. The zero-order chi connectivity index (χ0) is 17.1. The average Bonchev–Trinajstić information content (AvgIpc) is 3.02. The van der Waals surface area contributed by atoms with Gasteiger partial charge in [0.15, 0.2) is 6.61 Å². The lowest BCUT2D eigenvalue weighted by molar-refractivity contribution is -0.134. The number of fused-ring (bicyclic) bond motifs is 1. The van der Waals surface area contributed by atoms with Gasteiger partial charge in [-0.3, -0.25) is 4.79 Å². The van der Waals surface area contributed by atoms with E-state index in [4.69, 9.17) is 16.3 Å². The predicted molar refractivity (Wildman–Crippen MR) is 97.8 cm³/mol. The quantitative estimate of drug-likeness (QED) is 0.670. The molecule has 3 rings (SSSR count). The molecule has 0 saturated carbocycles. The molecule has 4 nitrogen and oxygen atoms in total. The van der Waals surface area contributed by atoms with Crippen LogP contribution in [0.2, 0.25) is 5.02 Å². The minimum atomic E-state index is -0.113. The third-order valence-electron chi connectivity index (χ3n) is 3.80. The SMILES string of the molecule is CC(c1nc2ccccc2s1)N(C)C(=O)COc1cccc(Cl)c1. The van der Waals surface area contributed by atoms with Crippen LogP contribution >= 0.6 is 22.9 Å². The first-order valence-electron chi connectivity index (χ1n) is 7.54. The minimum absolute atomic E-state index is 0.0356. The van der Waals surface area contributed by atoms with E-state index in [-0.39, 0.29) is 18.6 Å². The Hall–Kier alpha value is -2.11. The summed E-state index contributed by atoms with van der Waals surface area (Å²) in [6.07, 6.45) is 0. The van der Waals surface area contributed by atoms with Crippen molar-refractivity contribution in [2.75, 3.05) is 13.7 Å². The Kier molecular flexibility index (Phi) is 5.02. The van der Waals surface area contributed by atoms with Gasteiger partial charge in [0.2, 0.25) is 0 Å². The number of thiazole rings is 1. The van der Waals surface area contributed by atoms with Crippen molar-refractivity contribution in [2.24, 2.45) is 0 Å². The lowest BCUT2D eigenvalue weighted by Gasteiger charge is -2.23. The first-order chi connectivity index (χ1) is 11.5. The van der Waals surface area contributed by atoms with Gasteiger partial charge >= 0.3 is 0 Å². The average molecular weight is 361 g/mol. The van der Waals surface area contributed by atoms with Crippen LogP contribution in [0.5, 0.6) is 5.75 Å². The summed E-state index contributed by atoms with van der Waals surface area (Å²) in [6, 6.07) is 14.9. The molecule has 124 valence electrons. The number of para-hydroxylation sites is 1. The molecule has 6 heteroatoms. The molecular weight excluding hydrogens is 344 g/mol. The summed E-state index contributed by atoms with van der Waals surface area (Å²) < 4.78 is 6.64. The van der Waals surface area contributed by atoms with E-state index in [0.717, 1.165) is 15.2 Å². The fraction of sp³-hybridized carbons (Fsp3) is 0.222. The van der Waals surface area contributed by atoms with Crippen LogP contribution in [0.3, 0.4) is 0 Å². The molecule has 0 aliphatic carbocycles. The standard InChI is InChI=1S/C18H17ClN2O2S/c1-12(18-20-15-8-3-4-9-16(15)24-18)21(2)17(22)11-23-14-7-5-6-13(19)10-14/h3-10,12H,11H2,1-2H3. The Morgan fingerprint density at radius 1 is 1.29 bits per heavy atom. The van der Waals surface area contributed by atoms with Crippen molar-refractivity contribution in [3.05, 3.63) is 58.6 Å². The number of carbonyl (C=O) groups is 1. The van der Waals surface area contributed by atoms with E-state index in [0.29, 0.717) is 10.8 Å². The van der Waals surface area contributed by atoms with Crippen molar-refractivity contribution < 1.29 is 9.53 Å². The van der Waals surface area contributed by atoms with Gasteiger partial charge in [-0.05, 0) is 37.3 Å². The number of ether oxygens (including phenoxy) is 1. The third-order valence-corrected chi connectivity index (χ3v) is 5.24. The molecule has 1 aromatic heterocycles. The number of benzene rings is 2. The molecule has 0 saturated heterocycles. The molecule has 2 aromatic carbocycles. The molecule has 0 aliphatic heterocycles. The van der Waals surface area contributed by atoms with Crippen LogP contribution in [0.1, 0.15) is 18.0 Å². The van der Waals surface area contributed by atoms with E-state index >= 15 is 0 Å². The fourth-order valence-corrected chi connectivity index (χ4v) is 3.50. The van der Waals surface area contributed by atoms with Crippen molar-refractivity contribution in [3.8, 4) is 5.75 Å². The number of carbonyl (C=O) groups excluding carboxylic acids is 1. The lowest BCUT2D eigenvalue weighted by atomic mass is 10.3. The zero-order valence-corrected chi connectivity index (χ0v) is 15.0. The van der Waals surface area contributed by atoms with Gasteiger partial charge in [-0.25, -0.2) is 4.98 Å². The smallest absolute Gasteiger partial charge is 0.260 e. The topological polar surface area (TPSA) is 42.4 Å². The van der Waals surface area contributed by atoms with Gasteiger partial charge in [-0.1, -0.05) is 29.8 Å². The molecule has 0 aliphatic rings. The summed E-state index contributed by atoms with van der Waals surface area (Å²) in [4.78, 5) is 18.6. The second-order valence-electron chi connectivity index (χ2n) is 5.45. The maximum Gasteiger partial charge on any atom is 0.260 e. The molecule has 1 heterocycles. The van der Waals surface area contributed by atoms with Crippen molar-refractivity contribution in [2.45, 2.75) is 13.0 Å². The largest absolute Gasteiger partial charge is 0.484 e. The maximum atomic E-state index is 12.4. The molecule has 1 amide bonds. The monoisotopic (exact) mass is 360 g/mol. The number of hydrogen-bond donors (Lipinski definition) is 0. The molecule has 24 heavy (non-hydrogen) atoms. The fourth-order valence-electron chi connectivity index (χ4n) is 2.25. The molecule has 0 spiro atoms. The molecule has 0 N–H and O–H groups in total. The second kappa shape index (κ2) is 7.20. The van der Waals surface area contributed by atoms with Crippen LogP contribution in [0, 0.1) is 0 Å². The van der Waals surface area contributed by atoms with Crippen LogP contribution in [0.25, 0.3) is 10.2 Å². The summed E-state index contributed by atoms with van der Waals surface area (Å²) in [7, 11) is 1.76. The summed E-state index contributed by atoms with van der Waals surface area (Å²) in [5, 5.41) is 1.49. The van der Waals surface area contributed by atoms with E-state index in [9.17, 15) is 4.79 Å². The minimum Gasteiger partial charge on any atom is -0.484 e. The van der Waals surface area contributed by atoms with Gasteiger partial charge in [0, 0.05) is 12.1 Å². The van der Waals surface area contributed by atoms with Gasteiger partial charge < -0.3 is 9.64 Å². The molecule has 1 unspecified atom stereocenters. The van der Waals surface area contributed by atoms with Gasteiger partial charge in [-0.2, -0.15) is 0 Å². The van der Waals surface area contributed by atoms with Crippen LogP contribution < -0.4 is 4.74 Å². The number of halogens is 1. The highest BCUT2D eigenvalue weighted by Gasteiger charge is 2.21. The van der Waals surface area contributed by atoms with E-state index < -0.39 is 0 Å². The molecule has 0 radical (unpaired) electrons. The van der Waals surface area contributed by atoms with E-state index in [2.05, 4.69) is 4.98 Å². The Morgan fingerprint density at radius 2 is 2.08 bits per heavy atom. The molecule has 0 bridgehead atoms. The summed E-state index contributed by atoms with van der Waals surface area (Å²) in [6.45, 7) is 1.93. The first kappa shape index (κ1) is 16.7. The number of aromatic nitrogens is 1. The third kappa shape index (κ3) is 3.68. The first-order valence-corrected chi connectivity index (χ1v) is 8.73. The highest BCUT2D eigenvalue weighted by molar-refractivity contribution is 7.18. The summed E-state index contributed by atoms with van der Waals surface area (Å²) in [5.74, 6) is 0.471. The Morgan fingerprint density at radius 3 is 2.83 bits per heavy atom. The molecule has 3 aromatic rings. The van der Waals surface area contributed by atoms with Gasteiger partial charge in [0.05, 0.1) is 16.3 Å².